The Morgan fingerprint density at radius 1 is 1.13 bits per heavy atom. The molecule has 0 unspecified atom stereocenters. The van der Waals surface area contributed by atoms with Crippen molar-refractivity contribution < 1.29 is 5.11 Å². The fraction of sp³-hybridized carbons (Fsp3) is 0.636. The summed E-state index contributed by atoms with van der Waals surface area (Å²) in [7, 11) is 0. The molecule has 0 bridgehead atoms. The van der Waals surface area contributed by atoms with E-state index in [1.807, 2.05) is 12.2 Å². The van der Waals surface area contributed by atoms with Crippen LogP contribution in [0.4, 0.5) is 0 Å². The van der Waals surface area contributed by atoms with Crippen molar-refractivity contribution in [1.29, 1.82) is 0 Å². The summed E-state index contributed by atoms with van der Waals surface area (Å²) < 4.78 is 0. The molecule has 1 aliphatic carbocycles. The molecule has 0 saturated heterocycles. The van der Waals surface area contributed by atoms with Gasteiger partial charge in [0.15, 0.2) is 0 Å². The molecule has 1 aliphatic rings. The molecule has 0 spiro atoms. The first-order valence-corrected chi connectivity index (χ1v) is 5.45. The average molecular weight is 207 g/mol. The highest BCUT2D eigenvalue weighted by atomic mass is 16.3. The largest absolute Gasteiger partial charge is 0.513 e. The summed E-state index contributed by atoms with van der Waals surface area (Å²) in [6, 6.07) is 0. The van der Waals surface area contributed by atoms with E-state index in [2.05, 4.69) is 10.0 Å². The maximum absolute atomic E-state index is 9.48. The van der Waals surface area contributed by atoms with Gasteiger partial charge in [0.05, 0.1) is 5.76 Å². The molecule has 82 valence electrons. The molecule has 4 heteroatoms. The second-order valence-electron chi connectivity index (χ2n) is 3.72. The lowest BCUT2D eigenvalue weighted by molar-refractivity contribution is 0.380. The van der Waals surface area contributed by atoms with E-state index < -0.39 is 0 Å². The molecule has 1 N–H and O–H groups in total. The van der Waals surface area contributed by atoms with E-state index in [1.54, 1.807) is 0 Å². The van der Waals surface area contributed by atoms with Crippen LogP contribution >= 0.6 is 0 Å². The lowest BCUT2D eigenvalue weighted by Crippen LogP contribution is -1.84. The third kappa shape index (κ3) is 5.13. The van der Waals surface area contributed by atoms with Gasteiger partial charge >= 0.3 is 0 Å². The first kappa shape index (κ1) is 11.7. The van der Waals surface area contributed by atoms with Crippen LogP contribution in [0.3, 0.4) is 0 Å². The van der Waals surface area contributed by atoms with Crippen LogP contribution in [0.1, 0.15) is 44.9 Å². The lowest BCUT2D eigenvalue weighted by Gasteiger charge is -2.00. The van der Waals surface area contributed by atoms with E-state index in [9.17, 15) is 5.11 Å². The molecule has 0 atom stereocenters. The Balaban J connectivity index is 2.58. The van der Waals surface area contributed by atoms with Crippen molar-refractivity contribution in [2.75, 3.05) is 0 Å². The first-order valence-electron chi connectivity index (χ1n) is 5.45. The predicted octanol–water partition coefficient (Wildman–Crippen LogP) is 4.37. The van der Waals surface area contributed by atoms with Gasteiger partial charge in [-0.15, -0.1) is 0 Å². The predicted molar refractivity (Wildman–Crippen MR) is 60.3 cm³/mol. The molecule has 4 nitrogen and oxygen atoms in total. The second kappa shape index (κ2) is 6.96. The normalized spacial score (nSPS) is 26.1. The number of hydrogen-bond acceptors (Lipinski definition) is 2. The molecule has 0 aromatic carbocycles. The van der Waals surface area contributed by atoms with Crippen LogP contribution in [-0.2, 0) is 0 Å². The minimum Gasteiger partial charge on any atom is -0.513 e. The van der Waals surface area contributed by atoms with Crippen LogP contribution in [0.25, 0.3) is 10.4 Å². The van der Waals surface area contributed by atoms with Gasteiger partial charge in [-0.1, -0.05) is 11.2 Å². The molecular formula is C11H17N3O. The topological polar surface area (TPSA) is 69.0 Å². The highest BCUT2D eigenvalue weighted by Gasteiger charge is 1.99. The Morgan fingerprint density at radius 3 is 2.60 bits per heavy atom. The Bertz CT molecular complexity index is 301. The molecule has 15 heavy (non-hydrogen) atoms. The van der Waals surface area contributed by atoms with Gasteiger partial charge in [-0.25, -0.2) is 0 Å². The van der Waals surface area contributed by atoms with E-state index in [4.69, 9.17) is 5.53 Å². The molecule has 0 aliphatic heterocycles. The fourth-order valence-electron chi connectivity index (χ4n) is 1.63. The summed E-state index contributed by atoms with van der Waals surface area (Å²) in [4.78, 5) is 2.81. The summed E-state index contributed by atoms with van der Waals surface area (Å²) in [6.07, 6.45) is 10.2. The maximum atomic E-state index is 9.48. The summed E-state index contributed by atoms with van der Waals surface area (Å²) >= 11 is 0. The van der Waals surface area contributed by atoms with E-state index >= 15 is 0 Å². The highest BCUT2D eigenvalue weighted by molar-refractivity contribution is 5.02. The Labute approximate surface area is 89.9 Å². The van der Waals surface area contributed by atoms with Gasteiger partial charge in [0, 0.05) is 17.0 Å². The van der Waals surface area contributed by atoms with E-state index in [-0.39, 0.29) is 0 Å². The van der Waals surface area contributed by atoms with E-state index in [0.29, 0.717) is 12.2 Å². The van der Waals surface area contributed by atoms with Crippen LogP contribution in [-0.4, -0.2) is 5.11 Å². The zero-order valence-corrected chi connectivity index (χ0v) is 8.89. The van der Waals surface area contributed by atoms with Gasteiger partial charge in [0.2, 0.25) is 0 Å². The quantitative estimate of drug-likeness (QED) is 0.387. The van der Waals surface area contributed by atoms with Gasteiger partial charge in [0.1, 0.15) is 0 Å². The molecule has 0 aromatic heterocycles. The van der Waals surface area contributed by atoms with Crippen molar-refractivity contribution in [1.82, 2.24) is 0 Å². The maximum Gasteiger partial charge on any atom is 0.0882 e. The number of nitrogens with zero attached hydrogens (tertiary/aromatic N) is 3. The van der Waals surface area contributed by atoms with E-state index in [1.165, 1.54) is 0 Å². The van der Waals surface area contributed by atoms with Crippen LogP contribution in [0, 0.1) is 0 Å². The summed E-state index contributed by atoms with van der Waals surface area (Å²) in [5, 5.41) is 13.1. The SMILES string of the molecule is [N-]=[N+]=N/C1=C/CCCC/C=C(/O)CCC1. The average Bonchev–Trinajstić information content (AvgIpc) is 2.26. The monoisotopic (exact) mass is 207 g/mol. The van der Waals surface area contributed by atoms with Crippen LogP contribution in [0.2, 0.25) is 0 Å². The molecule has 0 saturated carbocycles. The summed E-state index contributed by atoms with van der Waals surface area (Å²) in [5.74, 6) is 0.470. The third-order valence-corrected chi connectivity index (χ3v) is 2.46. The van der Waals surface area contributed by atoms with Gasteiger partial charge in [-0.3, -0.25) is 0 Å². The molecule has 0 fully saturated rings. The number of aliphatic hydroxyl groups is 1. The second-order valence-corrected chi connectivity index (χ2v) is 3.72. The van der Waals surface area contributed by atoms with Crippen molar-refractivity contribution in [3.63, 3.8) is 0 Å². The Kier molecular flexibility index (Phi) is 5.41. The number of azide groups is 1. The third-order valence-electron chi connectivity index (χ3n) is 2.46. The Morgan fingerprint density at radius 2 is 1.87 bits per heavy atom. The van der Waals surface area contributed by atoms with Crippen molar-refractivity contribution in [2.24, 2.45) is 5.11 Å². The van der Waals surface area contributed by atoms with Gasteiger partial charge in [-0.05, 0) is 50.1 Å². The number of aliphatic hydroxyl groups excluding tert-OH is 1. The van der Waals surface area contributed by atoms with Gasteiger partial charge < -0.3 is 5.11 Å². The highest BCUT2D eigenvalue weighted by Crippen LogP contribution is 2.16. The van der Waals surface area contributed by atoms with Crippen molar-refractivity contribution in [3.8, 4) is 0 Å². The molecule has 0 heterocycles. The van der Waals surface area contributed by atoms with Crippen LogP contribution in [0.5, 0.6) is 0 Å². The van der Waals surface area contributed by atoms with Crippen LogP contribution < -0.4 is 0 Å². The molecule has 0 aromatic rings. The Hall–Kier alpha value is -1.41. The zero-order chi connectivity index (χ0) is 10.9. The molecular weight excluding hydrogens is 190 g/mol. The summed E-state index contributed by atoms with van der Waals surface area (Å²) in [6.45, 7) is 0. The van der Waals surface area contributed by atoms with Crippen LogP contribution in [0.15, 0.2) is 28.7 Å². The minimum atomic E-state index is 0.470. The van der Waals surface area contributed by atoms with Gasteiger partial charge in [0.25, 0.3) is 0 Å². The molecule has 0 amide bonds. The van der Waals surface area contributed by atoms with Gasteiger partial charge in [-0.2, -0.15) is 0 Å². The van der Waals surface area contributed by atoms with Crippen molar-refractivity contribution >= 4 is 0 Å². The van der Waals surface area contributed by atoms with E-state index in [0.717, 1.165) is 44.2 Å². The minimum absolute atomic E-state index is 0.470. The lowest BCUT2D eigenvalue weighted by atomic mass is 10.1. The fourth-order valence-corrected chi connectivity index (χ4v) is 1.63. The molecule has 0 radical (unpaired) electrons. The van der Waals surface area contributed by atoms with Crippen molar-refractivity contribution in [2.45, 2.75) is 44.9 Å². The zero-order valence-electron chi connectivity index (χ0n) is 8.89. The summed E-state index contributed by atoms with van der Waals surface area (Å²) in [5.41, 5.74) is 9.18. The smallest absolute Gasteiger partial charge is 0.0882 e. The first-order chi connectivity index (χ1) is 7.33. The van der Waals surface area contributed by atoms with Crippen molar-refractivity contribution in [3.05, 3.63) is 34.1 Å². The number of hydrogen-bond donors (Lipinski definition) is 1. The number of rotatable bonds is 1. The molecule has 1 rings (SSSR count). The standard InChI is InChI=1S/C11H17N3O/c12-14-13-10-6-3-1-2-4-8-11(15)9-5-7-10/h6,8,15H,1-5,7,9H2/b10-6+,11-8+. The number of allylic oxidation sites excluding steroid dienone is 4.